The molecule has 5 heterocycles. The van der Waals surface area contributed by atoms with E-state index in [9.17, 15) is 0 Å². The van der Waals surface area contributed by atoms with Gasteiger partial charge in [-0.2, -0.15) is 0 Å². The van der Waals surface area contributed by atoms with Gasteiger partial charge in [0.2, 0.25) is 0 Å². The average Bonchev–Trinajstić information content (AvgIpc) is 3.32. The molecule has 0 radical (unpaired) electrons. The number of hydrogen-bond donors (Lipinski definition) is 2. The van der Waals surface area contributed by atoms with Gasteiger partial charge in [-0.1, -0.05) is 0 Å². The molecule has 0 atom stereocenters. The Morgan fingerprint density at radius 2 is 0.808 bits per heavy atom. The van der Waals surface area contributed by atoms with Gasteiger partial charge in [0.1, 0.15) is 0 Å². The normalized spacial score (nSPS) is 11.7. The molecule has 4 nitrogen and oxygen atoms in total. The Morgan fingerprint density at radius 1 is 0.462 bits per heavy atom. The summed E-state index contributed by atoms with van der Waals surface area (Å²) in [7, 11) is 0. The molecule has 0 fully saturated rings. The van der Waals surface area contributed by atoms with E-state index in [2.05, 4.69) is 50.3 Å². The van der Waals surface area contributed by atoms with E-state index >= 15 is 0 Å². The van der Waals surface area contributed by atoms with Gasteiger partial charge in [-0.05, 0) is 72.8 Å². The first-order chi connectivity index (χ1) is 11.8. The van der Waals surface area contributed by atoms with Gasteiger partial charge in [0, 0.05) is 62.9 Å². The molecule has 0 spiro atoms. The minimum atomic E-state index is 0. The van der Waals surface area contributed by atoms with Crippen molar-refractivity contribution in [1.82, 2.24) is 19.9 Å². The van der Waals surface area contributed by atoms with E-state index in [0.29, 0.717) is 0 Å². The summed E-state index contributed by atoms with van der Waals surface area (Å²) in [6, 6.07) is 16.4. The van der Waals surface area contributed by atoms with Crippen molar-refractivity contribution in [2.75, 3.05) is 0 Å². The van der Waals surface area contributed by atoms with Crippen molar-refractivity contribution < 1.29 is 40.8 Å². The van der Waals surface area contributed by atoms with E-state index in [4.69, 9.17) is 0 Å². The Labute approximate surface area is 177 Å². The first-order valence-corrected chi connectivity index (χ1v) is 7.85. The van der Waals surface area contributed by atoms with Crippen LogP contribution in [0.2, 0.25) is 0 Å². The zero-order chi connectivity index (χ0) is 15.9. The van der Waals surface area contributed by atoms with Crippen LogP contribution in [-0.2, 0) is 40.8 Å². The fraction of sp³-hybridized carbons (Fsp3) is 0. The van der Waals surface area contributed by atoms with Crippen LogP contribution in [0.25, 0.3) is 46.4 Å². The minimum Gasteiger partial charge on any atom is -0.355 e. The fourth-order valence-corrected chi connectivity index (χ4v) is 2.94. The number of H-pyrrole nitrogens is 2. The molecule has 2 aliphatic rings. The summed E-state index contributed by atoms with van der Waals surface area (Å²) >= 11 is 0. The number of aromatic nitrogens is 4. The molecular weight excluding hydrogens is 509 g/mol. The second-order valence-electron chi connectivity index (χ2n) is 5.91. The molecule has 0 saturated heterocycles. The Balaban J connectivity index is 0.000000980. The third kappa shape index (κ3) is 3.85. The Bertz CT molecular complexity index is 1080. The molecule has 8 bridgehead atoms. The maximum absolute atomic E-state index is 4.62. The molecular formula is C20H14N4Pd2. The molecule has 134 valence electrons. The predicted octanol–water partition coefficient (Wildman–Crippen LogP) is 4.65. The van der Waals surface area contributed by atoms with E-state index in [0.717, 1.165) is 44.8 Å². The topological polar surface area (TPSA) is 57.4 Å². The second kappa shape index (κ2) is 7.66. The summed E-state index contributed by atoms with van der Waals surface area (Å²) < 4.78 is 0. The van der Waals surface area contributed by atoms with Gasteiger partial charge in [-0.25, -0.2) is 9.97 Å². The maximum atomic E-state index is 4.62. The van der Waals surface area contributed by atoms with Crippen LogP contribution in [0.4, 0.5) is 0 Å². The molecule has 0 aromatic carbocycles. The molecule has 26 heavy (non-hydrogen) atoms. The molecule has 2 aliphatic heterocycles. The van der Waals surface area contributed by atoms with Crippen molar-refractivity contribution in [3.05, 3.63) is 71.3 Å². The molecule has 3 aromatic heterocycles. The molecule has 3 aromatic rings. The fourth-order valence-electron chi connectivity index (χ4n) is 2.94. The molecule has 2 N–H and O–H groups in total. The van der Waals surface area contributed by atoms with Crippen molar-refractivity contribution in [3.63, 3.8) is 0 Å². The second-order valence-corrected chi connectivity index (χ2v) is 5.91. The van der Waals surface area contributed by atoms with Crippen LogP contribution >= 0.6 is 0 Å². The summed E-state index contributed by atoms with van der Waals surface area (Å²) in [6.45, 7) is 0. The van der Waals surface area contributed by atoms with Crippen molar-refractivity contribution in [2.45, 2.75) is 0 Å². The number of nitrogens with zero attached hydrogens (tertiary/aromatic N) is 2. The molecule has 5 rings (SSSR count). The standard InChI is InChI=1S/C20H14N4.2Pd/c1-2-14-10-16-5-6-18(23-16)12-20-8-7-19(24-20)11-17-4-3-15(22-17)9-13(1)21-14;;/h1-12,21-22H;;. The van der Waals surface area contributed by atoms with E-state index in [1.54, 1.807) is 0 Å². The number of fused-ring (bicyclic) bond motifs is 8. The van der Waals surface area contributed by atoms with Crippen LogP contribution < -0.4 is 0 Å². The zero-order valence-electron chi connectivity index (χ0n) is 13.5. The van der Waals surface area contributed by atoms with Gasteiger partial charge >= 0.3 is 0 Å². The Morgan fingerprint density at radius 3 is 1.23 bits per heavy atom. The summed E-state index contributed by atoms with van der Waals surface area (Å²) in [5, 5.41) is 0. The van der Waals surface area contributed by atoms with Crippen LogP contribution in [0.15, 0.2) is 48.5 Å². The first kappa shape index (κ1) is 18.7. The third-order valence-electron chi connectivity index (χ3n) is 4.04. The number of aromatic amines is 2. The number of hydrogen-bond acceptors (Lipinski definition) is 2. The van der Waals surface area contributed by atoms with Crippen LogP contribution in [-0.4, -0.2) is 19.9 Å². The van der Waals surface area contributed by atoms with E-state index in [1.165, 1.54) is 0 Å². The first-order valence-electron chi connectivity index (χ1n) is 7.85. The smallest absolute Gasteiger partial charge is 0.0659 e. The number of rotatable bonds is 0. The van der Waals surface area contributed by atoms with E-state index in [-0.39, 0.29) is 40.8 Å². The summed E-state index contributed by atoms with van der Waals surface area (Å²) in [4.78, 5) is 16.0. The van der Waals surface area contributed by atoms with Gasteiger partial charge < -0.3 is 9.97 Å². The Kier molecular flexibility index (Phi) is 5.51. The molecule has 6 heteroatoms. The van der Waals surface area contributed by atoms with Gasteiger partial charge in [0.25, 0.3) is 0 Å². The summed E-state index contributed by atoms with van der Waals surface area (Å²) in [6.07, 6.45) is 8.05. The molecule has 0 saturated carbocycles. The van der Waals surface area contributed by atoms with Crippen molar-refractivity contribution in [1.29, 1.82) is 0 Å². The van der Waals surface area contributed by atoms with Gasteiger partial charge in [0.05, 0.1) is 22.8 Å². The van der Waals surface area contributed by atoms with Crippen LogP contribution in [0.5, 0.6) is 0 Å². The minimum absolute atomic E-state index is 0. The van der Waals surface area contributed by atoms with Crippen molar-refractivity contribution in [3.8, 4) is 0 Å². The monoisotopic (exact) mass is 522 g/mol. The van der Waals surface area contributed by atoms with Crippen molar-refractivity contribution >= 4 is 46.4 Å². The molecule has 0 amide bonds. The SMILES string of the molecule is C1=Cc2cc3ccc(cc4ccc(cc5nc(cc1n2)C=C5)[nH]4)[nH]3.[Pd].[Pd]. The predicted molar refractivity (Wildman–Crippen MR) is 98.9 cm³/mol. The third-order valence-corrected chi connectivity index (χ3v) is 4.04. The van der Waals surface area contributed by atoms with Crippen molar-refractivity contribution in [2.24, 2.45) is 0 Å². The van der Waals surface area contributed by atoms with Gasteiger partial charge in [-0.3, -0.25) is 0 Å². The van der Waals surface area contributed by atoms with E-state index in [1.807, 2.05) is 42.5 Å². The van der Waals surface area contributed by atoms with Gasteiger partial charge in [0.15, 0.2) is 0 Å². The molecule has 0 aliphatic carbocycles. The van der Waals surface area contributed by atoms with Gasteiger partial charge in [-0.15, -0.1) is 0 Å². The molecule has 0 unspecified atom stereocenters. The summed E-state index contributed by atoms with van der Waals surface area (Å²) in [5.41, 5.74) is 7.86. The van der Waals surface area contributed by atoms with Crippen LogP contribution in [0.1, 0.15) is 22.8 Å². The summed E-state index contributed by atoms with van der Waals surface area (Å²) in [5.74, 6) is 0. The number of nitrogens with one attached hydrogen (secondary N) is 2. The maximum Gasteiger partial charge on any atom is 0.0659 e. The van der Waals surface area contributed by atoms with Crippen LogP contribution in [0.3, 0.4) is 0 Å². The largest absolute Gasteiger partial charge is 0.355 e. The van der Waals surface area contributed by atoms with E-state index < -0.39 is 0 Å². The average molecular weight is 523 g/mol. The zero-order valence-corrected chi connectivity index (χ0v) is 16.6. The van der Waals surface area contributed by atoms with Crippen LogP contribution in [0, 0.1) is 0 Å². The quantitative estimate of drug-likeness (QED) is 0.291. The Hall–Kier alpha value is -2.08.